The largest absolute Gasteiger partial charge is 0.490 e. The summed E-state index contributed by atoms with van der Waals surface area (Å²) in [6, 6.07) is 23.2. The van der Waals surface area contributed by atoms with Gasteiger partial charge in [-0.05, 0) is 42.8 Å². The van der Waals surface area contributed by atoms with Crippen LogP contribution in [0.15, 0.2) is 78.9 Å². The molecule has 1 N–H and O–H groups in total. The second-order valence-electron chi connectivity index (χ2n) is 6.34. The van der Waals surface area contributed by atoms with Crippen LogP contribution < -0.4 is 19.5 Å². The predicted octanol–water partition coefficient (Wildman–Crippen LogP) is 4.00. The van der Waals surface area contributed by atoms with E-state index >= 15 is 0 Å². The Kier molecular flexibility index (Phi) is 7.44. The van der Waals surface area contributed by atoms with Crippen molar-refractivity contribution in [3.05, 3.63) is 90.0 Å². The van der Waals surface area contributed by atoms with Crippen LogP contribution in [0, 0.1) is 0 Å². The fraction of sp³-hybridized carbons (Fsp3) is 0.167. The first-order valence-electron chi connectivity index (χ1n) is 9.63. The summed E-state index contributed by atoms with van der Waals surface area (Å²) in [4.78, 5) is 24.5. The predicted molar refractivity (Wildman–Crippen MR) is 113 cm³/mol. The van der Waals surface area contributed by atoms with E-state index in [0.717, 1.165) is 5.56 Å². The molecule has 0 radical (unpaired) electrons. The molecule has 6 nitrogen and oxygen atoms in total. The monoisotopic (exact) mass is 405 g/mol. The van der Waals surface area contributed by atoms with E-state index in [4.69, 9.17) is 14.2 Å². The van der Waals surface area contributed by atoms with Crippen molar-refractivity contribution in [1.82, 2.24) is 5.32 Å². The number of nitrogens with one attached hydrogen (secondary N) is 1. The minimum absolute atomic E-state index is 0.251. The lowest BCUT2D eigenvalue weighted by atomic mass is 10.2. The summed E-state index contributed by atoms with van der Waals surface area (Å²) in [7, 11) is 0. The van der Waals surface area contributed by atoms with Crippen LogP contribution >= 0.6 is 0 Å². The molecular weight excluding hydrogens is 382 g/mol. The van der Waals surface area contributed by atoms with Crippen LogP contribution in [0.25, 0.3) is 0 Å². The summed E-state index contributed by atoms with van der Waals surface area (Å²) in [5, 5.41) is 2.84. The van der Waals surface area contributed by atoms with Crippen molar-refractivity contribution in [2.45, 2.75) is 13.5 Å². The van der Waals surface area contributed by atoms with Gasteiger partial charge in [-0.3, -0.25) is 4.79 Å². The maximum atomic E-state index is 12.4. The Bertz CT molecular complexity index is 988. The van der Waals surface area contributed by atoms with Gasteiger partial charge in [-0.25, -0.2) is 4.79 Å². The standard InChI is InChI=1S/C24H23NO5/c1-2-28-21-13-6-7-14-22(21)29-17-23(26)30-20-12-8-11-19(15-20)24(27)25-16-18-9-4-3-5-10-18/h3-15H,2,16-17H2,1H3,(H,25,27). The smallest absolute Gasteiger partial charge is 0.349 e. The lowest BCUT2D eigenvalue weighted by Crippen LogP contribution is -2.23. The van der Waals surface area contributed by atoms with E-state index in [9.17, 15) is 9.59 Å². The lowest BCUT2D eigenvalue weighted by molar-refractivity contribution is -0.136. The first kappa shape index (κ1) is 20.9. The van der Waals surface area contributed by atoms with E-state index < -0.39 is 5.97 Å². The Morgan fingerprint density at radius 2 is 1.53 bits per heavy atom. The van der Waals surface area contributed by atoms with E-state index in [1.807, 2.05) is 43.3 Å². The molecule has 0 saturated heterocycles. The first-order valence-corrected chi connectivity index (χ1v) is 9.63. The SMILES string of the molecule is CCOc1ccccc1OCC(=O)Oc1cccc(C(=O)NCc2ccccc2)c1. The molecule has 0 heterocycles. The number of hydrogen-bond donors (Lipinski definition) is 1. The van der Waals surface area contributed by atoms with Crippen LogP contribution in [-0.2, 0) is 11.3 Å². The van der Waals surface area contributed by atoms with E-state index in [2.05, 4.69) is 5.32 Å². The van der Waals surface area contributed by atoms with Crippen molar-refractivity contribution in [2.75, 3.05) is 13.2 Å². The van der Waals surface area contributed by atoms with Gasteiger partial charge < -0.3 is 19.5 Å². The molecule has 0 aliphatic rings. The topological polar surface area (TPSA) is 73.9 Å². The summed E-state index contributed by atoms with van der Waals surface area (Å²) in [6.45, 7) is 2.49. The van der Waals surface area contributed by atoms with Crippen molar-refractivity contribution in [1.29, 1.82) is 0 Å². The van der Waals surface area contributed by atoms with Gasteiger partial charge in [-0.15, -0.1) is 0 Å². The molecule has 154 valence electrons. The van der Waals surface area contributed by atoms with Crippen LogP contribution in [0.1, 0.15) is 22.8 Å². The zero-order valence-electron chi connectivity index (χ0n) is 16.7. The Labute approximate surface area is 175 Å². The Morgan fingerprint density at radius 3 is 2.27 bits per heavy atom. The van der Waals surface area contributed by atoms with E-state index in [-0.39, 0.29) is 18.3 Å². The number of esters is 1. The summed E-state index contributed by atoms with van der Waals surface area (Å²) in [5.74, 6) is 0.464. The summed E-state index contributed by atoms with van der Waals surface area (Å²) in [6.07, 6.45) is 0. The first-order chi connectivity index (χ1) is 14.7. The van der Waals surface area contributed by atoms with E-state index in [0.29, 0.717) is 30.2 Å². The highest BCUT2D eigenvalue weighted by Crippen LogP contribution is 2.26. The van der Waals surface area contributed by atoms with Crippen molar-refractivity contribution in [2.24, 2.45) is 0 Å². The molecule has 0 fully saturated rings. The second-order valence-corrected chi connectivity index (χ2v) is 6.34. The molecule has 0 aliphatic heterocycles. The average molecular weight is 405 g/mol. The van der Waals surface area contributed by atoms with Crippen LogP contribution in [0.3, 0.4) is 0 Å². The number of benzene rings is 3. The Hall–Kier alpha value is -3.80. The minimum atomic E-state index is -0.580. The molecule has 3 aromatic rings. The van der Waals surface area contributed by atoms with Crippen LogP contribution in [0.2, 0.25) is 0 Å². The number of hydrogen-bond acceptors (Lipinski definition) is 5. The summed E-state index contributed by atoms with van der Waals surface area (Å²) >= 11 is 0. The molecule has 3 aromatic carbocycles. The average Bonchev–Trinajstić information content (AvgIpc) is 2.78. The highest BCUT2D eigenvalue weighted by Gasteiger charge is 2.11. The normalized spacial score (nSPS) is 10.2. The van der Waals surface area contributed by atoms with Crippen LogP contribution in [0.5, 0.6) is 17.2 Å². The number of carbonyl (C=O) groups excluding carboxylic acids is 2. The summed E-state index contributed by atoms with van der Waals surface area (Å²) in [5.41, 5.74) is 1.40. The fourth-order valence-corrected chi connectivity index (χ4v) is 2.72. The second kappa shape index (κ2) is 10.7. The Morgan fingerprint density at radius 1 is 0.833 bits per heavy atom. The van der Waals surface area contributed by atoms with Gasteiger partial charge in [0.2, 0.25) is 0 Å². The van der Waals surface area contributed by atoms with Gasteiger partial charge in [0.25, 0.3) is 5.91 Å². The number of rotatable bonds is 9. The number of para-hydroxylation sites is 2. The van der Waals surface area contributed by atoms with Crippen LogP contribution in [-0.4, -0.2) is 25.1 Å². The van der Waals surface area contributed by atoms with Crippen molar-refractivity contribution < 1.29 is 23.8 Å². The number of ether oxygens (including phenoxy) is 3. The molecule has 3 rings (SSSR count). The van der Waals surface area contributed by atoms with E-state index in [1.54, 1.807) is 36.4 Å². The van der Waals surface area contributed by atoms with Gasteiger partial charge in [0, 0.05) is 12.1 Å². The van der Waals surface area contributed by atoms with E-state index in [1.165, 1.54) is 6.07 Å². The Balaban J connectivity index is 1.54. The molecule has 0 unspecified atom stereocenters. The lowest BCUT2D eigenvalue weighted by Gasteiger charge is -2.11. The summed E-state index contributed by atoms with van der Waals surface area (Å²) < 4.78 is 16.3. The van der Waals surface area contributed by atoms with Gasteiger partial charge in [0.05, 0.1) is 6.61 Å². The van der Waals surface area contributed by atoms with Gasteiger partial charge in [-0.1, -0.05) is 48.5 Å². The molecule has 0 saturated carbocycles. The highest BCUT2D eigenvalue weighted by atomic mass is 16.6. The highest BCUT2D eigenvalue weighted by molar-refractivity contribution is 5.94. The fourth-order valence-electron chi connectivity index (χ4n) is 2.72. The molecule has 0 spiro atoms. The molecule has 0 aromatic heterocycles. The van der Waals surface area contributed by atoms with Gasteiger partial charge in [0.15, 0.2) is 18.1 Å². The van der Waals surface area contributed by atoms with Crippen molar-refractivity contribution >= 4 is 11.9 Å². The third-order valence-electron chi connectivity index (χ3n) is 4.12. The molecule has 6 heteroatoms. The maximum Gasteiger partial charge on any atom is 0.349 e. The van der Waals surface area contributed by atoms with Gasteiger partial charge in [-0.2, -0.15) is 0 Å². The maximum absolute atomic E-state index is 12.4. The molecule has 0 atom stereocenters. The third-order valence-corrected chi connectivity index (χ3v) is 4.12. The van der Waals surface area contributed by atoms with Crippen molar-refractivity contribution in [3.63, 3.8) is 0 Å². The molecule has 0 bridgehead atoms. The van der Waals surface area contributed by atoms with Gasteiger partial charge in [0.1, 0.15) is 5.75 Å². The number of carbonyl (C=O) groups is 2. The van der Waals surface area contributed by atoms with Crippen LogP contribution in [0.4, 0.5) is 0 Å². The zero-order valence-corrected chi connectivity index (χ0v) is 16.7. The minimum Gasteiger partial charge on any atom is -0.490 e. The van der Waals surface area contributed by atoms with Gasteiger partial charge >= 0.3 is 5.97 Å². The quantitative estimate of drug-likeness (QED) is 0.430. The molecule has 0 aliphatic carbocycles. The molecule has 30 heavy (non-hydrogen) atoms. The third kappa shape index (κ3) is 6.10. The number of amides is 1. The van der Waals surface area contributed by atoms with Crippen molar-refractivity contribution in [3.8, 4) is 17.2 Å². The molecule has 1 amide bonds. The zero-order chi connectivity index (χ0) is 21.2. The molecular formula is C24H23NO5.